The molecule has 4 amide bonds. The number of hydrogen-bond acceptors (Lipinski definition) is 12. The molecule has 0 aliphatic heterocycles. The molecule has 0 unspecified atom stereocenters. The molecule has 6 rings (SSSR count). The molecular formula is C48H58Cl4F2N6O12S2. The van der Waals surface area contributed by atoms with Crippen molar-refractivity contribution in [3.05, 3.63) is 115 Å². The van der Waals surface area contributed by atoms with Gasteiger partial charge in [0.05, 0.1) is 52.9 Å². The van der Waals surface area contributed by atoms with Crippen LogP contribution in [0.3, 0.4) is 0 Å². The molecule has 26 heteroatoms. The molecule has 18 nitrogen and oxygen atoms in total. The lowest BCUT2D eigenvalue weighted by Crippen LogP contribution is -2.39. The van der Waals surface area contributed by atoms with E-state index in [0.29, 0.717) is 71.7 Å². The molecule has 4 aromatic rings. The van der Waals surface area contributed by atoms with E-state index in [2.05, 4.69) is 30.7 Å². The number of fused-ring (bicyclic) bond motifs is 2. The van der Waals surface area contributed by atoms with Crippen molar-refractivity contribution < 1.29 is 63.6 Å². The van der Waals surface area contributed by atoms with Gasteiger partial charge in [0, 0.05) is 71.5 Å². The molecule has 4 aromatic carbocycles. The summed E-state index contributed by atoms with van der Waals surface area (Å²) >= 11 is 24.9. The maximum absolute atomic E-state index is 14.9. The van der Waals surface area contributed by atoms with Crippen LogP contribution < -0.4 is 40.2 Å². The van der Waals surface area contributed by atoms with Gasteiger partial charge in [0.1, 0.15) is 45.1 Å². The lowest BCUT2D eigenvalue weighted by Gasteiger charge is -2.16. The largest absolute Gasteiger partial charge is 0.486 e. The molecule has 74 heavy (non-hydrogen) atoms. The number of benzene rings is 4. The van der Waals surface area contributed by atoms with Crippen LogP contribution in [0.1, 0.15) is 60.1 Å². The average molecular weight is 1150 g/mol. The first-order valence-electron chi connectivity index (χ1n) is 23.7. The molecule has 0 bridgehead atoms. The zero-order valence-corrected chi connectivity index (χ0v) is 44.7. The quantitative estimate of drug-likeness (QED) is 0.0271. The average Bonchev–Trinajstić information content (AvgIpc) is 3.94. The topological polar surface area (TPSA) is 230 Å². The second kappa shape index (κ2) is 29.3. The van der Waals surface area contributed by atoms with E-state index in [0.717, 1.165) is 46.5 Å². The van der Waals surface area contributed by atoms with Gasteiger partial charge >= 0.3 is 12.1 Å². The number of rotatable bonds is 31. The van der Waals surface area contributed by atoms with Gasteiger partial charge in [-0.1, -0.05) is 46.4 Å². The van der Waals surface area contributed by atoms with Gasteiger partial charge in [0.15, 0.2) is 0 Å². The molecule has 2 atom stereocenters. The van der Waals surface area contributed by atoms with Crippen molar-refractivity contribution in [1.82, 2.24) is 30.7 Å². The van der Waals surface area contributed by atoms with Crippen molar-refractivity contribution in [3.63, 3.8) is 0 Å². The number of hydrogen-bond donors (Lipinski definition) is 6. The molecule has 406 valence electrons. The van der Waals surface area contributed by atoms with Crippen molar-refractivity contribution in [2.24, 2.45) is 0 Å². The minimum Gasteiger partial charge on any atom is -0.486 e. The Morgan fingerprint density at radius 3 is 1.24 bits per heavy atom. The summed E-state index contributed by atoms with van der Waals surface area (Å²) in [7, 11) is -8.33. The van der Waals surface area contributed by atoms with Crippen molar-refractivity contribution >= 4 is 78.5 Å². The summed E-state index contributed by atoms with van der Waals surface area (Å²) in [4.78, 5) is 23.0. The maximum atomic E-state index is 14.9. The first-order valence-corrected chi connectivity index (χ1v) is 28.2. The zero-order valence-electron chi connectivity index (χ0n) is 40.1. The number of carbonyl (C=O) groups excluding carboxylic acids is 2. The normalized spacial score (nSPS) is 15.1. The second-order valence-corrected chi connectivity index (χ2v) is 21.9. The molecule has 2 aliphatic carbocycles. The molecule has 0 aromatic heterocycles. The lowest BCUT2D eigenvalue weighted by molar-refractivity contribution is 0.0516. The highest BCUT2D eigenvalue weighted by atomic mass is 35.5. The third-order valence-corrected chi connectivity index (χ3v) is 15.5. The van der Waals surface area contributed by atoms with E-state index < -0.39 is 53.7 Å². The van der Waals surface area contributed by atoms with Crippen LogP contribution in [-0.4, -0.2) is 121 Å². The summed E-state index contributed by atoms with van der Waals surface area (Å²) in [6, 6.07) is 13.2. The Balaban J connectivity index is 0.687. The molecule has 6 N–H and O–H groups in total. The van der Waals surface area contributed by atoms with Gasteiger partial charge in [-0.25, -0.2) is 44.6 Å². The van der Waals surface area contributed by atoms with Gasteiger partial charge < -0.3 is 49.7 Å². The summed E-state index contributed by atoms with van der Waals surface area (Å²) in [5, 5.41) is 12.8. The summed E-state index contributed by atoms with van der Waals surface area (Å²) < 4.78 is 119. The maximum Gasteiger partial charge on any atom is 0.314 e. The Kier molecular flexibility index (Phi) is 23.3. The molecule has 0 spiro atoms. The zero-order chi connectivity index (χ0) is 53.1. The van der Waals surface area contributed by atoms with Crippen LogP contribution in [-0.2, 0) is 51.8 Å². The Morgan fingerprint density at radius 2 is 0.865 bits per heavy atom. The molecule has 0 radical (unpaired) electrons. The molecular weight excluding hydrogens is 1100 g/mol. The number of sulfonamides is 2. The number of urea groups is 2. The van der Waals surface area contributed by atoms with Crippen LogP contribution in [0.5, 0.6) is 11.5 Å². The fourth-order valence-corrected chi connectivity index (χ4v) is 11.2. The van der Waals surface area contributed by atoms with E-state index in [4.69, 9.17) is 74.8 Å². The predicted molar refractivity (Wildman–Crippen MR) is 275 cm³/mol. The van der Waals surface area contributed by atoms with Gasteiger partial charge in [-0.05, 0) is 109 Å². The monoisotopic (exact) mass is 1150 g/mol. The fourth-order valence-electron chi connectivity index (χ4n) is 7.88. The second-order valence-electron chi connectivity index (χ2n) is 16.7. The van der Waals surface area contributed by atoms with Gasteiger partial charge in [-0.15, -0.1) is 0 Å². The van der Waals surface area contributed by atoms with E-state index in [1.165, 1.54) is 12.1 Å². The third kappa shape index (κ3) is 18.2. The number of ether oxygens (including phenoxy) is 6. The SMILES string of the molecule is O=C(NCCCCNC(=O)NCCOCCOCCNS(=O)(=O)c1ccc(O[C@@H]2CCc3c(Cl)cc(Cl)cc32)cc1F)NCCOCCOCCNS(=O)(=O)c1ccc(O[C@@H]2CCc3c(Cl)cc(Cl)cc32)cc1F. The Labute approximate surface area is 449 Å². The molecule has 0 saturated heterocycles. The van der Waals surface area contributed by atoms with Gasteiger partial charge in [-0.2, -0.15) is 0 Å². The Hall–Kier alpha value is -4.30. The smallest absolute Gasteiger partial charge is 0.314 e. The number of nitrogens with one attached hydrogen (secondary N) is 6. The highest BCUT2D eigenvalue weighted by Gasteiger charge is 2.29. The van der Waals surface area contributed by atoms with Crippen LogP contribution in [0.2, 0.25) is 20.1 Å². The summed E-state index contributed by atoms with van der Waals surface area (Å²) in [6.45, 7) is 2.22. The van der Waals surface area contributed by atoms with E-state index in [1.54, 1.807) is 24.3 Å². The highest BCUT2D eigenvalue weighted by Crippen LogP contribution is 2.42. The fraction of sp³-hybridized carbons (Fsp3) is 0.458. The Morgan fingerprint density at radius 1 is 0.500 bits per heavy atom. The Bertz CT molecular complexity index is 2590. The molecule has 0 saturated carbocycles. The number of amides is 4. The van der Waals surface area contributed by atoms with Crippen molar-refractivity contribution in [2.75, 3.05) is 92.1 Å². The first kappa shape index (κ1) is 59.0. The van der Waals surface area contributed by atoms with E-state index in [9.17, 15) is 35.2 Å². The summed E-state index contributed by atoms with van der Waals surface area (Å²) in [6.07, 6.45) is 3.03. The van der Waals surface area contributed by atoms with Crippen LogP contribution >= 0.6 is 46.4 Å². The minimum atomic E-state index is -4.17. The molecule has 2 aliphatic rings. The third-order valence-electron chi connectivity index (χ3n) is 11.4. The van der Waals surface area contributed by atoms with Crippen molar-refractivity contribution in [2.45, 2.75) is 60.5 Å². The van der Waals surface area contributed by atoms with Crippen molar-refractivity contribution in [3.8, 4) is 11.5 Å². The number of carbonyl (C=O) groups is 2. The predicted octanol–water partition coefficient (Wildman–Crippen LogP) is 7.41. The minimum absolute atomic E-state index is 0.0141. The van der Waals surface area contributed by atoms with Crippen LogP contribution in [0, 0.1) is 11.6 Å². The van der Waals surface area contributed by atoms with Crippen LogP contribution in [0.4, 0.5) is 18.4 Å². The number of halogens is 6. The number of unbranched alkanes of at least 4 members (excludes halogenated alkanes) is 1. The van der Waals surface area contributed by atoms with Crippen LogP contribution in [0.15, 0.2) is 70.5 Å². The highest BCUT2D eigenvalue weighted by molar-refractivity contribution is 7.89. The summed E-state index contributed by atoms with van der Waals surface area (Å²) in [5.41, 5.74) is 3.48. The van der Waals surface area contributed by atoms with Crippen LogP contribution in [0.25, 0.3) is 0 Å². The molecule has 0 fully saturated rings. The van der Waals surface area contributed by atoms with E-state index in [1.807, 2.05) is 0 Å². The van der Waals surface area contributed by atoms with Gasteiger partial charge in [-0.3, -0.25) is 0 Å². The standard InChI is InChI=1S/C48H58Cl4F2N6O12S2/c49-31-25-37-35(39(51)27-31)5-7-43(37)71-33-3-9-45(41(53)29-33)73(63,64)59-15-19-69-23-21-67-17-13-57-47(61)55-11-1-2-12-56-48(62)58-14-18-68-22-24-70-20-16-60-74(65,66)46-10-4-34(30-42(46)54)72-44-8-6-36-38(44)26-32(50)28-40(36)52/h3-4,9-10,25-30,43-44,59-60H,1-2,5-8,11-24H2,(H2,55,57,61)(H2,56,58,62)/t43-,44-/m1/s1. The van der Waals surface area contributed by atoms with E-state index in [-0.39, 0.29) is 103 Å². The summed E-state index contributed by atoms with van der Waals surface area (Å²) in [5.74, 6) is -1.58. The lowest BCUT2D eigenvalue weighted by atomic mass is 10.1. The first-order chi connectivity index (χ1) is 35.5. The van der Waals surface area contributed by atoms with Gasteiger partial charge in [0.2, 0.25) is 20.0 Å². The molecule has 0 heterocycles. The van der Waals surface area contributed by atoms with Crippen molar-refractivity contribution in [1.29, 1.82) is 0 Å². The van der Waals surface area contributed by atoms with E-state index >= 15 is 0 Å². The van der Waals surface area contributed by atoms with Gasteiger partial charge in [0.25, 0.3) is 0 Å².